The highest BCUT2D eigenvalue weighted by atomic mass is 35.5. The second-order valence-electron chi connectivity index (χ2n) is 8.40. The SMILES string of the molecule is CN1CCN(C(=O)C2CCN(c3noc4ccc(Cl)cc34)CC2)CC1(C)C. The van der Waals surface area contributed by atoms with Gasteiger partial charge in [-0.25, -0.2) is 0 Å². The van der Waals surface area contributed by atoms with E-state index in [1.165, 1.54) is 0 Å². The number of halogens is 1. The summed E-state index contributed by atoms with van der Waals surface area (Å²) in [5, 5.41) is 5.85. The third-order valence-electron chi connectivity index (χ3n) is 6.18. The van der Waals surface area contributed by atoms with Crippen molar-refractivity contribution < 1.29 is 9.32 Å². The van der Waals surface area contributed by atoms with Gasteiger partial charge in [0.05, 0.1) is 5.39 Å². The van der Waals surface area contributed by atoms with E-state index in [-0.39, 0.29) is 11.5 Å². The number of carbonyl (C=O) groups is 1. The van der Waals surface area contributed by atoms with Gasteiger partial charge in [0.25, 0.3) is 0 Å². The average molecular weight is 391 g/mol. The highest BCUT2D eigenvalue weighted by Crippen LogP contribution is 2.32. The van der Waals surface area contributed by atoms with Crippen molar-refractivity contribution in [3.8, 4) is 0 Å². The zero-order valence-electron chi connectivity index (χ0n) is 16.2. The molecule has 7 heteroatoms. The van der Waals surface area contributed by atoms with Crippen LogP contribution in [0.25, 0.3) is 11.0 Å². The molecule has 6 nitrogen and oxygen atoms in total. The van der Waals surface area contributed by atoms with Gasteiger partial charge in [-0.1, -0.05) is 16.8 Å². The van der Waals surface area contributed by atoms with Crippen molar-refractivity contribution in [2.45, 2.75) is 32.2 Å². The van der Waals surface area contributed by atoms with Crippen LogP contribution in [-0.2, 0) is 4.79 Å². The minimum Gasteiger partial charge on any atom is -0.354 e. The molecule has 0 N–H and O–H groups in total. The Bertz CT molecular complexity index is 842. The lowest BCUT2D eigenvalue weighted by atomic mass is 9.92. The van der Waals surface area contributed by atoms with Crippen LogP contribution in [0.2, 0.25) is 5.02 Å². The summed E-state index contributed by atoms with van der Waals surface area (Å²) >= 11 is 6.13. The second-order valence-corrected chi connectivity index (χ2v) is 8.84. The van der Waals surface area contributed by atoms with Crippen LogP contribution in [0.1, 0.15) is 26.7 Å². The zero-order chi connectivity index (χ0) is 19.2. The lowest BCUT2D eigenvalue weighted by Gasteiger charge is -2.46. The number of anilines is 1. The summed E-state index contributed by atoms with van der Waals surface area (Å²) in [4.78, 5) is 19.6. The van der Waals surface area contributed by atoms with Gasteiger partial charge in [0.15, 0.2) is 11.4 Å². The molecule has 4 rings (SSSR count). The minimum absolute atomic E-state index is 0.0352. The Hall–Kier alpha value is -1.79. The van der Waals surface area contributed by atoms with Crippen molar-refractivity contribution in [2.24, 2.45) is 5.92 Å². The fourth-order valence-electron chi connectivity index (χ4n) is 4.15. The first kappa shape index (κ1) is 18.6. The molecule has 0 bridgehead atoms. The van der Waals surface area contributed by atoms with Gasteiger partial charge in [-0.3, -0.25) is 9.69 Å². The first-order valence-corrected chi connectivity index (χ1v) is 10.0. The van der Waals surface area contributed by atoms with Gasteiger partial charge in [0, 0.05) is 49.2 Å². The van der Waals surface area contributed by atoms with Gasteiger partial charge in [-0.15, -0.1) is 0 Å². The maximum atomic E-state index is 13.0. The molecule has 0 saturated carbocycles. The topological polar surface area (TPSA) is 52.8 Å². The van der Waals surface area contributed by atoms with Crippen LogP contribution < -0.4 is 4.90 Å². The predicted octanol–water partition coefficient (Wildman–Crippen LogP) is 3.25. The number of amides is 1. The van der Waals surface area contributed by atoms with E-state index in [2.05, 4.69) is 40.8 Å². The van der Waals surface area contributed by atoms with Crippen molar-refractivity contribution in [2.75, 3.05) is 44.7 Å². The first-order valence-electron chi connectivity index (χ1n) is 9.65. The van der Waals surface area contributed by atoms with Crippen LogP contribution in [0.15, 0.2) is 22.7 Å². The van der Waals surface area contributed by atoms with E-state index in [0.717, 1.165) is 62.4 Å². The number of hydrogen-bond acceptors (Lipinski definition) is 5. The minimum atomic E-state index is 0.0352. The molecule has 2 aromatic rings. The normalized spacial score (nSPS) is 21.8. The third kappa shape index (κ3) is 3.52. The molecular weight excluding hydrogens is 364 g/mol. The van der Waals surface area contributed by atoms with Gasteiger partial charge in [0.2, 0.25) is 5.91 Å². The average Bonchev–Trinajstić information content (AvgIpc) is 3.06. The summed E-state index contributed by atoms with van der Waals surface area (Å²) in [5.74, 6) is 1.24. The highest BCUT2D eigenvalue weighted by molar-refractivity contribution is 6.31. The van der Waals surface area contributed by atoms with Crippen molar-refractivity contribution in [1.82, 2.24) is 15.0 Å². The molecule has 0 aliphatic carbocycles. The molecule has 146 valence electrons. The number of benzene rings is 1. The van der Waals surface area contributed by atoms with E-state index in [0.29, 0.717) is 10.9 Å². The number of likely N-dealkylation sites (N-methyl/N-ethyl adjacent to an activating group) is 1. The Labute approximate surface area is 165 Å². The van der Waals surface area contributed by atoms with Gasteiger partial charge in [0.1, 0.15) is 0 Å². The van der Waals surface area contributed by atoms with Crippen LogP contribution in [0.3, 0.4) is 0 Å². The van der Waals surface area contributed by atoms with Crippen LogP contribution in [0.4, 0.5) is 5.82 Å². The van der Waals surface area contributed by atoms with Crippen LogP contribution in [0.5, 0.6) is 0 Å². The number of carbonyl (C=O) groups excluding carboxylic acids is 1. The highest BCUT2D eigenvalue weighted by Gasteiger charge is 2.36. The van der Waals surface area contributed by atoms with Crippen molar-refractivity contribution in [1.29, 1.82) is 0 Å². The van der Waals surface area contributed by atoms with E-state index in [4.69, 9.17) is 16.1 Å². The summed E-state index contributed by atoms with van der Waals surface area (Å²) < 4.78 is 5.43. The van der Waals surface area contributed by atoms with Crippen molar-refractivity contribution in [3.05, 3.63) is 23.2 Å². The Balaban J connectivity index is 1.41. The first-order chi connectivity index (χ1) is 12.8. The maximum Gasteiger partial charge on any atom is 0.225 e. The second kappa shape index (κ2) is 6.99. The van der Waals surface area contributed by atoms with Gasteiger partial charge >= 0.3 is 0 Å². The Morgan fingerprint density at radius 3 is 2.67 bits per heavy atom. The molecule has 2 saturated heterocycles. The largest absolute Gasteiger partial charge is 0.354 e. The molecule has 1 aromatic carbocycles. The Morgan fingerprint density at radius 2 is 1.96 bits per heavy atom. The van der Waals surface area contributed by atoms with E-state index in [9.17, 15) is 4.79 Å². The molecule has 3 heterocycles. The Morgan fingerprint density at radius 1 is 1.22 bits per heavy atom. The summed E-state index contributed by atoms with van der Waals surface area (Å²) in [6.07, 6.45) is 1.70. The van der Waals surface area contributed by atoms with Crippen molar-refractivity contribution in [3.63, 3.8) is 0 Å². The quantitative estimate of drug-likeness (QED) is 0.787. The standard InChI is InChI=1S/C20H27ClN4O2/c1-20(2)13-25(11-10-23(20)3)19(26)14-6-8-24(9-7-14)18-16-12-15(21)4-5-17(16)27-22-18/h4-5,12,14H,6-11,13H2,1-3H3. The van der Waals surface area contributed by atoms with Crippen LogP contribution in [0, 0.1) is 5.92 Å². The maximum absolute atomic E-state index is 13.0. The lowest BCUT2D eigenvalue weighted by molar-refractivity contribution is -0.140. The van der Waals surface area contributed by atoms with Gasteiger partial charge < -0.3 is 14.3 Å². The van der Waals surface area contributed by atoms with Crippen molar-refractivity contribution >= 4 is 34.3 Å². The van der Waals surface area contributed by atoms with Crippen LogP contribution >= 0.6 is 11.6 Å². The number of aromatic nitrogens is 1. The molecule has 0 radical (unpaired) electrons. The smallest absolute Gasteiger partial charge is 0.225 e. The monoisotopic (exact) mass is 390 g/mol. The molecule has 2 fully saturated rings. The molecular formula is C20H27ClN4O2. The zero-order valence-corrected chi connectivity index (χ0v) is 17.0. The molecule has 1 aromatic heterocycles. The number of piperazine rings is 1. The van der Waals surface area contributed by atoms with Gasteiger partial charge in [-0.2, -0.15) is 0 Å². The summed E-state index contributed by atoms with van der Waals surface area (Å²) in [5.41, 5.74) is 0.778. The van der Waals surface area contributed by atoms with Gasteiger partial charge in [-0.05, 0) is 51.9 Å². The number of hydrogen-bond donors (Lipinski definition) is 0. The molecule has 0 spiro atoms. The fourth-order valence-corrected chi connectivity index (χ4v) is 4.32. The van der Waals surface area contributed by atoms with E-state index in [1.807, 2.05) is 12.1 Å². The van der Waals surface area contributed by atoms with E-state index >= 15 is 0 Å². The van der Waals surface area contributed by atoms with E-state index < -0.39 is 0 Å². The lowest BCUT2D eigenvalue weighted by Crippen LogP contribution is -2.60. The third-order valence-corrected chi connectivity index (χ3v) is 6.42. The molecule has 2 aliphatic heterocycles. The fraction of sp³-hybridized carbons (Fsp3) is 0.600. The predicted molar refractivity (Wildman–Crippen MR) is 107 cm³/mol. The number of rotatable bonds is 2. The molecule has 1 amide bonds. The number of fused-ring (bicyclic) bond motifs is 1. The molecule has 0 unspecified atom stereocenters. The number of nitrogens with zero attached hydrogens (tertiary/aromatic N) is 4. The van der Waals surface area contributed by atoms with Crippen LogP contribution in [-0.4, -0.2) is 66.2 Å². The number of piperidine rings is 1. The molecule has 0 atom stereocenters. The van der Waals surface area contributed by atoms with E-state index in [1.54, 1.807) is 6.07 Å². The summed E-state index contributed by atoms with van der Waals surface area (Å²) in [6.45, 7) is 8.58. The summed E-state index contributed by atoms with van der Waals surface area (Å²) in [7, 11) is 2.13. The molecule has 27 heavy (non-hydrogen) atoms. The Kier molecular flexibility index (Phi) is 4.80. The summed E-state index contributed by atoms with van der Waals surface area (Å²) in [6, 6.07) is 5.55. The molecule has 2 aliphatic rings.